The minimum absolute atomic E-state index is 0.122. The van der Waals surface area contributed by atoms with E-state index in [1.807, 2.05) is 30.3 Å². The lowest BCUT2D eigenvalue weighted by Crippen LogP contribution is -2.42. The number of benzene rings is 2. The molecule has 0 unspecified atom stereocenters. The molecule has 0 saturated carbocycles. The van der Waals surface area contributed by atoms with E-state index in [-0.39, 0.29) is 25.7 Å². The monoisotopic (exact) mass is 461 g/mol. The third kappa shape index (κ3) is 5.18. The first kappa shape index (κ1) is 22.9. The molecule has 4 amide bonds. The lowest BCUT2D eigenvalue weighted by Gasteiger charge is -2.25. The van der Waals surface area contributed by atoms with E-state index in [1.165, 1.54) is 0 Å². The van der Waals surface area contributed by atoms with Crippen LogP contribution in [0.25, 0.3) is 11.3 Å². The van der Waals surface area contributed by atoms with E-state index in [2.05, 4.69) is 20.6 Å². The highest BCUT2D eigenvalue weighted by Crippen LogP contribution is 2.29. The van der Waals surface area contributed by atoms with Gasteiger partial charge in [0, 0.05) is 36.6 Å². The van der Waals surface area contributed by atoms with Gasteiger partial charge in [-0.2, -0.15) is 0 Å². The Morgan fingerprint density at radius 2 is 2.03 bits per heavy atom. The highest BCUT2D eigenvalue weighted by molar-refractivity contribution is 5.98. The number of aliphatic hydroxyl groups excluding tert-OH is 1. The van der Waals surface area contributed by atoms with E-state index in [0.717, 1.165) is 16.7 Å². The Kier molecular flexibility index (Phi) is 7.09. The fraction of sp³-hybridized carbons (Fsp3) is 0.208. The summed E-state index contributed by atoms with van der Waals surface area (Å²) in [6.07, 6.45) is 5.15. The first-order valence-corrected chi connectivity index (χ1v) is 10.6. The van der Waals surface area contributed by atoms with Crippen molar-refractivity contribution in [3.05, 3.63) is 77.7 Å². The Balaban J connectivity index is 1.54. The van der Waals surface area contributed by atoms with E-state index < -0.39 is 12.1 Å². The summed E-state index contributed by atoms with van der Waals surface area (Å²) in [4.78, 5) is 45.9. The molecule has 0 radical (unpaired) electrons. The van der Waals surface area contributed by atoms with Crippen LogP contribution in [0.3, 0.4) is 0 Å². The second-order valence-electron chi connectivity index (χ2n) is 7.58. The molecule has 0 spiro atoms. The first-order valence-electron chi connectivity index (χ1n) is 10.6. The average Bonchev–Trinajstić information content (AvgIpc) is 3.17. The summed E-state index contributed by atoms with van der Waals surface area (Å²) in [5, 5.41) is 13.8. The number of rotatable bonds is 9. The number of ether oxygens (including phenoxy) is 1. The number of hydrogen-bond donors (Lipinski definition) is 3. The molecular formula is C24H23N5O5. The Bertz CT molecular complexity index is 1170. The van der Waals surface area contributed by atoms with Crippen LogP contribution < -0.4 is 15.4 Å². The standard InChI is InChI=1S/C24H23N5O5/c30-9-10-34-19-6-5-18-13-29(23(32)20(18)11-19)14-22(28-24(33)27-15-31)17-3-1-16(2-4-17)21-12-25-7-8-26-21/h1-8,11-12,15,22,30H,9-10,13-14H2,(H2,27,28,31,33)/t22-/m0/s1. The summed E-state index contributed by atoms with van der Waals surface area (Å²) < 4.78 is 5.41. The molecule has 10 heteroatoms. The largest absolute Gasteiger partial charge is 0.491 e. The summed E-state index contributed by atoms with van der Waals surface area (Å²) in [5.41, 5.74) is 3.68. The molecule has 0 saturated heterocycles. The summed E-state index contributed by atoms with van der Waals surface area (Å²) in [5.74, 6) is 0.311. The molecule has 4 rings (SSSR count). The van der Waals surface area contributed by atoms with Gasteiger partial charge in [0.15, 0.2) is 0 Å². The highest BCUT2D eigenvalue weighted by Gasteiger charge is 2.30. The fourth-order valence-electron chi connectivity index (χ4n) is 3.78. The van der Waals surface area contributed by atoms with Gasteiger partial charge in [0.1, 0.15) is 12.4 Å². The van der Waals surface area contributed by atoms with Gasteiger partial charge in [-0.3, -0.25) is 24.9 Å². The van der Waals surface area contributed by atoms with Crippen molar-refractivity contribution in [2.45, 2.75) is 12.6 Å². The number of carbonyl (C=O) groups is 3. The topological polar surface area (TPSA) is 134 Å². The Labute approximate surface area is 195 Å². The number of nitrogens with one attached hydrogen (secondary N) is 2. The van der Waals surface area contributed by atoms with Crippen molar-refractivity contribution in [3.8, 4) is 17.0 Å². The van der Waals surface area contributed by atoms with Crippen LogP contribution in [0, 0.1) is 0 Å². The number of fused-ring (bicyclic) bond motifs is 1. The van der Waals surface area contributed by atoms with Crippen LogP contribution in [-0.2, 0) is 11.3 Å². The van der Waals surface area contributed by atoms with E-state index in [0.29, 0.717) is 30.0 Å². The van der Waals surface area contributed by atoms with Crippen LogP contribution >= 0.6 is 0 Å². The molecule has 10 nitrogen and oxygen atoms in total. The van der Waals surface area contributed by atoms with Gasteiger partial charge >= 0.3 is 6.03 Å². The molecule has 0 bridgehead atoms. The van der Waals surface area contributed by atoms with Gasteiger partial charge in [0.05, 0.1) is 24.5 Å². The maximum Gasteiger partial charge on any atom is 0.321 e. The molecule has 3 aromatic rings. The Hall–Kier alpha value is -4.31. The number of urea groups is 1. The lowest BCUT2D eigenvalue weighted by molar-refractivity contribution is -0.108. The van der Waals surface area contributed by atoms with Gasteiger partial charge in [-0.15, -0.1) is 0 Å². The van der Waals surface area contributed by atoms with E-state index in [1.54, 1.807) is 35.6 Å². The average molecular weight is 461 g/mol. The SMILES string of the molecule is O=CNC(=O)N[C@@H](CN1Cc2ccc(OCCO)cc2C1=O)c1ccc(-c2cnccn2)cc1. The molecule has 1 aliphatic heterocycles. The van der Waals surface area contributed by atoms with E-state index in [9.17, 15) is 14.4 Å². The van der Waals surface area contributed by atoms with Gasteiger partial charge < -0.3 is 20.1 Å². The molecule has 3 N–H and O–H groups in total. The number of amides is 4. The normalized spacial score (nSPS) is 13.2. The molecule has 174 valence electrons. The number of carbonyl (C=O) groups excluding carboxylic acids is 3. The van der Waals surface area contributed by atoms with Crippen LogP contribution in [0.4, 0.5) is 4.79 Å². The maximum absolute atomic E-state index is 13.1. The predicted octanol–water partition coefficient (Wildman–Crippen LogP) is 1.67. The molecule has 2 heterocycles. The van der Waals surface area contributed by atoms with Crippen LogP contribution in [0.2, 0.25) is 0 Å². The molecule has 2 aromatic carbocycles. The first-order chi connectivity index (χ1) is 16.6. The number of aromatic nitrogens is 2. The maximum atomic E-state index is 13.1. The third-order valence-corrected chi connectivity index (χ3v) is 5.39. The number of imide groups is 1. The van der Waals surface area contributed by atoms with Gasteiger partial charge in [-0.25, -0.2) is 4.79 Å². The van der Waals surface area contributed by atoms with Crippen LogP contribution in [-0.4, -0.2) is 58.1 Å². The van der Waals surface area contributed by atoms with Crippen molar-refractivity contribution in [1.82, 2.24) is 25.5 Å². The Morgan fingerprint density at radius 1 is 1.21 bits per heavy atom. The van der Waals surface area contributed by atoms with E-state index in [4.69, 9.17) is 9.84 Å². The van der Waals surface area contributed by atoms with Crippen LogP contribution in [0.1, 0.15) is 27.5 Å². The summed E-state index contributed by atoms with van der Waals surface area (Å²) in [6.45, 7) is 0.582. The zero-order chi connectivity index (χ0) is 23.9. The minimum Gasteiger partial charge on any atom is -0.491 e. The zero-order valence-corrected chi connectivity index (χ0v) is 18.2. The van der Waals surface area contributed by atoms with Gasteiger partial charge in [-0.05, 0) is 23.3 Å². The number of nitrogens with zero attached hydrogens (tertiary/aromatic N) is 3. The molecule has 34 heavy (non-hydrogen) atoms. The number of hydrogen-bond acceptors (Lipinski definition) is 7. The van der Waals surface area contributed by atoms with Gasteiger partial charge in [-0.1, -0.05) is 30.3 Å². The second-order valence-corrected chi connectivity index (χ2v) is 7.58. The van der Waals surface area contributed by atoms with Crippen LogP contribution in [0.15, 0.2) is 61.1 Å². The summed E-state index contributed by atoms with van der Waals surface area (Å²) in [7, 11) is 0. The minimum atomic E-state index is -0.665. The van der Waals surface area contributed by atoms with Crippen LogP contribution in [0.5, 0.6) is 5.75 Å². The van der Waals surface area contributed by atoms with Crippen molar-refractivity contribution >= 4 is 18.3 Å². The molecule has 1 aliphatic rings. The molecular weight excluding hydrogens is 438 g/mol. The lowest BCUT2D eigenvalue weighted by atomic mass is 10.0. The molecule has 1 aromatic heterocycles. The predicted molar refractivity (Wildman–Crippen MR) is 122 cm³/mol. The fourth-order valence-corrected chi connectivity index (χ4v) is 3.78. The van der Waals surface area contributed by atoms with Crippen molar-refractivity contribution in [2.24, 2.45) is 0 Å². The molecule has 1 atom stereocenters. The third-order valence-electron chi connectivity index (χ3n) is 5.39. The Morgan fingerprint density at radius 3 is 2.74 bits per heavy atom. The zero-order valence-electron chi connectivity index (χ0n) is 18.2. The smallest absolute Gasteiger partial charge is 0.321 e. The van der Waals surface area contributed by atoms with Gasteiger partial charge in [0.2, 0.25) is 6.41 Å². The molecule has 0 fully saturated rings. The van der Waals surface area contributed by atoms with Crippen molar-refractivity contribution < 1.29 is 24.2 Å². The number of aliphatic hydroxyl groups is 1. The van der Waals surface area contributed by atoms with Crippen molar-refractivity contribution in [3.63, 3.8) is 0 Å². The second kappa shape index (κ2) is 10.5. The van der Waals surface area contributed by atoms with Crippen molar-refractivity contribution in [2.75, 3.05) is 19.8 Å². The van der Waals surface area contributed by atoms with Gasteiger partial charge in [0.25, 0.3) is 5.91 Å². The molecule has 0 aliphatic carbocycles. The van der Waals surface area contributed by atoms with E-state index >= 15 is 0 Å². The summed E-state index contributed by atoms with van der Waals surface area (Å²) >= 11 is 0. The quantitative estimate of drug-likeness (QED) is 0.413. The highest BCUT2D eigenvalue weighted by atomic mass is 16.5. The van der Waals surface area contributed by atoms with Crippen molar-refractivity contribution in [1.29, 1.82) is 0 Å². The summed E-state index contributed by atoms with van der Waals surface area (Å²) in [6, 6.07) is 11.4.